The average molecular weight is 292 g/mol. The van der Waals surface area contributed by atoms with E-state index in [9.17, 15) is 0 Å². The first-order valence-electron chi connectivity index (χ1n) is 8.57. The van der Waals surface area contributed by atoms with Crippen molar-refractivity contribution < 1.29 is 9.47 Å². The van der Waals surface area contributed by atoms with Crippen molar-refractivity contribution in [1.82, 2.24) is 0 Å². The third-order valence-corrected chi connectivity index (χ3v) is 3.81. The van der Waals surface area contributed by atoms with Gasteiger partial charge in [-0.15, -0.1) is 0 Å². The summed E-state index contributed by atoms with van der Waals surface area (Å²) in [5.41, 5.74) is 1.40. The predicted molar refractivity (Wildman–Crippen MR) is 90.1 cm³/mol. The fraction of sp³-hybridized carbons (Fsp3) is 0.684. The Bertz CT molecular complexity index is 332. The molecular weight excluding hydrogens is 260 g/mol. The fourth-order valence-electron chi connectivity index (χ4n) is 2.41. The van der Waals surface area contributed by atoms with Gasteiger partial charge in [-0.25, -0.2) is 0 Å². The first kappa shape index (κ1) is 18.0. The topological polar surface area (TPSA) is 18.5 Å². The lowest BCUT2D eigenvalue weighted by molar-refractivity contribution is 0.126. The van der Waals surface area contributed by atoms with Crippen LogP contribution in [0.2, 0.25) is 0 Å². The number of hydrogen-bond donors (Lipinski definition) is 0. The van der Waals surface area contributed by atoms with Gasteiger partial charge < -0.3 is 9.47 Å². The minimum Gasteiger partial charge on any atom is -0.497 e. The van der Waals surface area contributed by atoms with Crippen molar-refractivity contribution in [3.8, 4) is 5.75 Å². The Morgan fingerprint density at radius 1 is 0.762 bits per heavy atom. The third-order valence-electron chi connectivity index (χ3n) is 3.81. The van der Waals surface area contributed by atoms with Crippen LogP contribution in [-0.4, -0.2) is 20.3 Å². The van der Waals surface area contributed by atoms with Crippen LogP contribution in [0.1, 0.15) is 63.9 Å². The maximum Gasteiger partial charge on any atom is 0.118 e. The van der Waals surface area contributed by atoms with Crippen LogP contribution in [0.4, 0.5) is 0 Å². The van der Waals surface area contributed by atoms with Gasteiger partial charge in [-0.2, -0.15) is 0 Å². The molecule has 0 radical (unpaired) electrons. The van der Waals surface area contributed by atoms with E-state index in [1.54, 1.807) is 7.11 Å². The monoisotopic (exact) mass is 292 g/mol. The van der Waals surface area contributed by atoms with E-state index >= 15 is 0 Å². The third kappa shape index (κ3) is 9.52. The summed E-state index contributed by atoms with van der Waals surface area (Å²) < 4.78 is 10.8. The molecule has 0 heterocycles. The number of rotatable bonds is 13. The van der Waals surface area contributed by atoms with Crippen molar-refractivity contribution in [2.24, 2.45) is 0 Å². The van der Waals surface area contributed by atoms with Gasteiger partial charge in [0.15, 0.2) is 0 Å². The van der Waals surface area contributed by atoms with Crippen LogP contribution in [0.15, 0.2) is 24.3 Å². The molecule has 0 aliphatic rings. The molecule has 21 heavy (non-hydrogen) atoms. The molecule has 0 amide bonds. The molecule has 1 aromatic rings. The molecule has 1 aromatic carbocycles. The molecule has 0 bridgehead atoms. The summed E-state index contributed by atoms with van der Waals surface area (Å²) in [7, 11) is 1.71. The number of unbranched alkanes of at least 4 members (excludes halogenated alkanes) is 6. The lowest BCUT2D eigenvalue weighted by Crippen LogP contribution is -1.97. The number of ether oxygens (including phenoxy) is 2. The molecule has 2 nitrogen and oxygen atoms in total. The zero-order chi connectivity index (χ0) is 15.2. The number of hydrogen-bond acceptors (Lipinski definition) is 2. The molecular formula is C19H32O2. The molecule has 0 spiro atoms. The van der Waals surface area contributed by atoms with Crippen LogP contribution in [-0.2, 0) is 11.2 Å². The molecule has 1 rings (SSSR count). The SMILES string of the molecule is CCCCCCCOCCCCCc1ccc(OC)cc1. The Morgan fingerprint density at radius 2 is 1.38 bits per heavy atom. The smallest absolute Gasteiger partial charge is 0.118 e. The Morgan fingerprint density at radius 3 is 2.00 bits per heavy atom. The van der Waals surface area contributed by atoms with Crippen LogP contribution in [0.5, 0.6) is 5.75 Å². The van der Waals surface area contributed by atoms with Crippen LogP contribution < -0.4 is 4.74 Å². The zero-order valence-corrected chi connectivity index (χ0v) is 13.9. The van der Waals surface area contributed by atoms with Crippen LogP contribution in [0.25, 0.3) is 0 Å². The average Bonchev–Trinajstić information content (AvgIpc) is 2.53. The van der Waals surface area contributed by atoms with Gasteiger partial charge in [0.25, 0.3) is 0 Å². The lowest BCUT2D eigenvalue weighted by Gasteiger charge is -2.05. The van der Waals surface area contributed by atoms with Crippen molar-refractivity contribution in [3.63, 3.8) is 0 Å². The Labute approximate surface area is 130 Å². The minimum atomic E-state index is 0.927. The summed E-state index contributed by atoms with van der Waals surface area (Å²) in [6, 6.07) is 8.39. The summed E-state index contributed by atoms with van der Waals surface area (Å²) in [5, 5.41) is 0. The predicted octanol–water partition coefficient (Wildman–Crippen LogP) is 5.40. The molecule has 0 saturated carbocycles. The molecule has 0 saturated heterocycles. The van der Waals surface area contributed by atoms with E-state index in [1.165, 1.54) is 56.9 Å². The standard InChI is InChI=1S/C19H32O2/c1-3-4-5-6-9-16-21-17-10-7-8-11-18-12-14-19(20-2)15-13-18/h12-15H,3-11,16-17H2,1-2H3. The second-order valence-corrected chi connectivity index (χ2v) is 5.69. The fourth-order valence-corrected chi connectivity index (χ4v) is 2.41. The molecule has 0 atom stereocenters. The molecule has 0 aliphatic carbocycles. The summed E-state index contributed by atoms with van der Waals surface area (Å²) in [6.07, 6.45) is 11.4. The van der Waals surface area contributed by atoms with E-state index in [0.717, 1.165) is 25.4 Å². The molecule has 120 valence electrons. The van der Waals surface area contributed by atoms with E-state index in [4.69, 9.17) is 9.47 Å². The highest BCUT2D eigenvalue weighted by atomic mass is 16.5. The second-order valence-electron chi connectivity index (χ2n) is 5.69. The van der Waals surface area contributed by atoms with E-state index in [0.29, 0.717) is 0 Å². The van der Waals surface area contributed by atoms with Crippen molar-refractivity contribution in [2.45, 2.75) is 64.7 Å². The largest absolute Gasteiger partial charge is 0.497 e. The lowest BCUT2D eigenvalue weighted by atomic mass is 10.1. The highest BCUT2D eigenvalue weighted by Gasteiger charge is 1.96. The van der Waals surface area contributed by atoms with Gasteiger partial charge in [-0.1, -0.05) is 51.2 Å². The quantitative estimate of drug-likeness (QED) is 0.453. The molecule has 0 aliphatic heterocycles. The van der Waals surface area contributed by atoms with Gasteiger partial charge in [-0.05, 0) is 43.4 Å². The highest BCUT2D eigenvalue weighted by Crippen LogP contribution is 2.13. The summed E-state index contributed by atoms with van der Waals surface area (Å²) in [5.74, 6) is 0.936. The Balaban J connectivity index is 1.88. The second kappa shape index (κ2) is 12.7. The maximum atomic E-state index is 5.68. The van der Waals surface area contributed by atoms with Crippen molar-refractivity contribution in [3.05, 3.63) is 29.8 Å². The summed E-state index contributed by atoms with van der Waals surface area (Å²) >= 11 is 0. The van der Waals surface area contributed by atoms with Crippen LogP contribution in [0.3, 0.4) is 0 Å². The zero-order valence-electron chi connectivity index (χ0n) is 13.9. The normalized spacial score (nSPS) is 10.8. The van der Waals surface area contributed by atoms with Gasteiger partial charge >= 0.3 is 0 Å². The number of benzene rings is 1. The molecule has 0 unspecified atom stereocenters. The van der Waals surface area contributed by atoms with Crippen LogP contribution in [0, 0.1) is 0 Å². The summed E-state index contributed by atoms with van der Waals surface area (Å²) in [6.45, 7) is 4.13. The molecule has 0 aromatic heterocycles. The first-order valence-corrected chi connectivity index (χ1v) is 8.57. The van der Waals surface area contributed by atoms with Crippen molar-refractivity contribution in [2.75, 3.05) is 20.3 Å². The van der Waals surface area contributed by atoms with E-state index < -0.39 is 0 Å². The Kier molecular flexibility index (Phi) is 10.9. The van der Waals surface area contributed by atoms with Gasteiger partial charge in [0.2, 0.25) is 0 Å². The number of aryl methyl sites for hydroxylation is 1. The first-order chi connectivity index (χ1) is 10.4. The van der Waals surface area contributed by atoms with Gasteiger partial charge in [0.05, 0.1) is 7.11 Å². The van der Waals surface area contributed by atoms with Gasteiger partial charge in [0.1, 0.15) is 5.75 Å². The van der Waals surface area contributed by atoms with Crippen molar-refractivity contribution >= 4 is 0 Å². The van der Waals surface area contributed by atoms with Gasteiger partial charge in [-0.3, -0.25) is 0 Å². The van der Waals surface area contributed by atoms with Gasteiger partial charge in [0, 0.05) is 13.2 Å². The van der Waals surface area contributed by atoms with Crippen LogP contribution >= 0.6 is 0 Å². The highest BCUT2D eigenvalue weighted by molar-refractivity contribution is 5.27. The van der Waals surface area contributed by atoms with E-state index in [2.05, 4.69) is 19.1 Å². The molecule has 0 N–H and O–H groups in total. The maximum absolute atomic E-state index is 5.68. The number of methoxy groups -OCH3 is 1. The van der Waals surface area contributed by atoms with E-state index in [1.807, 2.05) is 12.1 Å². The minimum absolute atomic E-state index is 0.927. The summed E-state index contributed by atoms with van der Waals surface area (Å²) in [4.78, 5) is 0. The molecule has 0 fully saturated rings. The Hall–Kier alpha value is -1.02. The molecule has 2 heteroatoms. The van der Waals surface area contributed by atoms with E-state index in [-0.39, 0.29) is 0 Å². The van der Waals surface area contributed by atoms with Crippen molar-refractivity contribution in [1.29, 1.82) is 0 Å².